The highest BCUT2D eigenvalue weighted by molar-refractivity contribution is 5.85. The van der Waals surface area contributed by atoms with E-state index in [4.69, 9.17) is 19.4 Å². The number of para-hydroxylation sites is 2. The normalized spacial score (nSPS) is 39.2. The second-order valence-corrected chi connectivity index (χ2v) is 17.3. The zero-order valence-corrected chi connectivity index (χ0v) is 29.6. The molecule has 1 aromatic carbocycles. The van der Waals surface area contributed by atoms with Crippen molar-refractivity contribution < 1.29 is 19.1 Å². The first-order valence-corrected chi connectivity index (χ1v) is 17.9. The summed E-state index contributed by atoms with van der Waals surface area (Å²) >= 11 is 0. The van der Waals surface area contributed by atoms with E-state index in [-0.39, 0.29) is 45.6 Å². The first-order chi connectivity index (χ1) is 21.6. The minimum Gasteiger partial charge on any atom is -0.465 e. The van der Waals surface area contributed by atoms with Crippen LogP contribution in [0.15, 0.2) is 29.8 Å². The van der Waals surface area contributed by atoms with Gasteiger partial charge in [0.15, 0.2) is 0 Å². The highest BCUT2D eigenvalue weighted by Crippen LogP contribution is 2.77. The molecule has 0 saturated heterocycles. The van der Waals surface area contributed by atoms with Crippen molar-refractivity contribution in [1.29, 1.82) is 0 Å². The van der Waals surface area contributed by atoms with Gasteiger partial charge in [-0.2, -0.15) is 0 Å². The van der Waals surface area contributed by atoms with Crippen molar-refractivity contribution in [2.75, 3.05) is 6.61 Å². The average molecular weight is 627 g/mol. The molecule has 0 bridgehead atoms. The lowest BCUT2D eigenvalue weighted by Crippen LogP contribution is -2.66. The third kappa shape index (κ3) is 4.12. The standard InChI is InChI=1S/C40H54N2O4/c1-23(2)32-33-26-14-15-30-37(7)18-17-31(46-25(4)44)36(5,6)29(37)16-19-39(30,9)38(26,8)20-21-40(33,22-45-24(3)43)35-34(32)41-27-12-10-11-13-28(27)42-35/h10-13,23,26,29-31H,14-22H2,1-9H3/t26-,29-,30+,31?,37-,38+,39+,40-/m0/s1. The predicted molar refractivity (Wildman–Crippen MR) is 181 cm³/mol. The molecule has 7 rings (SSSR count). The van der Waals surface area contributed by atoms with Crippen LogP contribution in [-0.4, -0.2) is 34.6 Å². The smallest absolute Gasteiger partial charge is 0.302 e. The third-order valence-electron chi connectivity index (χ3n) is 14.7. The molecule has 0 N–H and O–H groups in total. The third-order valence-corrected chi connectivity index (χ3v) is 14.7. The van der Waals surface area contributed by atoms with Gasteiger partial charge in [-0.1, -0.05) is 60.6 Å². The number of carbonyl (C=O) groups excluding carboxylic acids is 2. The highest BCUT2D eigenvalue weighted by atomic mass is 16.5. The van der Waals surface area contributed by atoms with E-state index >= 15 is 0 Å². The summed E-state index contributed by atoms with van der Waals surface area (Å²) in [6, 6.07) is 8.20. The molecule has 248 valence electrons. The van der Waals surface area contributed by atoms with Crippen LogP contribution < -0.4 is 0 Å². The van der Waals surface area contributed by atoms with E-state index in [2.05, 4.69) is 60.6 Å². The molecule has 46 heavy (non-hydrogen) atoms. The van der Waals surface area contributed by atoms with Crippen LogP contribution in [0.5, 0.6) is 0 Å². The molecule has 8 atom stereocenters. The zero-order chi connectivity index (χ0) is 33.0. The number of fused-ring (bicyclic) bond motifs is 10. The van der Waals surface area contributed by atoms with Gasteiger partial charge in [0, 0.05) is 19.3 Å². The molecule has 6 nitrogen and oxygen atoms in total. The van der Waals surface area contributed by atoms with E-state index in [1.54, 1.807) is 6.92 Å². The van der Waals surface area contributed by atoms with Gasteiger partial charge >= 0.3 is 11.9 Å². The second kappa shape index (κ2) is 10.4. The number of rotatable bonds is 4. The Morgan fingerprint density at radius 1 is 0.826 bits per heavy atom. The fourth-order valence-corrected chi connectivity index (χ4v) is 12.6. The van der Waals surface area contributed by atoms with E-state index in [0.29, 0.717) is 24.4 Å². The SMILES string of the molecule is CC(=O)OC[C@@]12CC[C@]3(C)[C@@H](CC[C@@H]4[C@@]5(C)CCC(OC(C)=O)C(C)(C)[C@@H]5CC[C@]43C)C1=C(C(C)C)c1nc3ccccc3nc12. The molecular weight excluding hydrogens is 572 g/mol. The minimum atomic E-state index is -0.434. The van der Waals surface area contributed by atoms with Gasteiger partial charge in [-0.15, -0.1) is 0 Å². The number of aromatic nitrogens is 2. The van der Waals surface area contributed by atoms with Crippen molar-refractivity contribution in [3.05, 3.63) is 41.2 Å². The highest BCUT2D eigenvalue weighted by Gasteiger charge is 2.70. The molecule has 2 aromatic rings. The van der Waals surface area contributed by atoms with Crippen LogP contribution in [0.2, 0.25) is 0 Å². The van der Waals surface area contributed by atoms with Gasteiger partial charge < -0.3 is 9.47 Å². The van der Waals surface area contributed by atoms with Crippen molar-refractivity contribution in [3.8, 4) is 0 Å². The lowest BCUT2D eigenvalue weighted by Gasteiger charge is -2.72. The van der Waals surface area contributed by atoms with Crippen molar-refractivity contribution in [2.45, 2.75) is 125 Å². The fourth-order valence-electron chi connectivity index (χ4n) is 12.6. The number of esters is 2. The summed E-state index contributed by atoms with van der Waals surface area (Å²) in [5.74, 6) is 1.39. The van der Waals surface area contributed by atoms with Gasteiger partial charge in [-0.05, 0) is 115 Å². The first kappa shape index (κ1) is 31.8. The van der Waals surface area contributed by atoms with Crippen molar-refractivity contribution in [2.24, 2.45) is 45.3 Å². The van der Waals surface area contributed by atoms with E-state index in [1.165, 1.54) is 37.3 Å². The number of benzene rings is 1. The first-order valence-electron chi connectivity index (χ1n) is 17.9. The van der Waals surface area contributed by atoms with Gasteiger partial charge in [0.05, 0.1) is 27.8 Å². The molecule has 1 heterocycles. The second-order valence-electron chi connectivity index (χ2n) is 17.3. The Morgan fingerprint density at radius 3 is 2.17 bits per heavy atom. The van der Waals surface area contributed by atoms with E-state index in [1.807, 2.05) is 12.1 Å². The zero-order valence-electron chi connectivity index (χ0n) is 29.6. The summed E-state index contributed by atoms with van der Waals surface area (Å²) in [5, 5.41) is 0. The van der Waals surface area contributed by atoms with E-state index in [9.17, 15) is 9.59 Å². The van der Waals surface area contributed by atoms with Crippen LogP contribution in [0.25, 0.3) is 16.6 Å². The van der Waals surface area contributed by atoms with Gasteiger partial charge in [0.25, 0.3) is 0 Å². The lowest BCUT2D eigenvalue weighted by molar-refractivity contribution is -0.231. The molecule has 0 spiro atoms. The van der Waals surface area contributed by atoms with Crippen LogP contribution in [0, 0.1) is 45.3 Å². The van der Waals surface area contributed by atoms with E-state index in [0.717, 1.165) is 54.5 Å². The maximum atomic E-state index is 12.4. The molecule has 0 aliphatic heterocycles. The Labute approximate surface area is 275 Å². The maximum absolute atomic E-state index is 12.4. The number of hydrogen-bond acceptors (Lipinski definition) is 6. The van der Waals surface area contributed by atoms with Crippen LogP contribution in [0.4, 0.5) is 0 Å². The topological polar surface area (TPSA) is 78.4 Å². The number of carbonyl (C=O) groups is 2. The summed E-state index contributed by atoms with van der Waals surface area (Å²) in [4.78, 5) is 35.2. The summed E-state index contributed by atoms with van der Waals surface area (Å²) < 4.78 is 12.0. The van der Waals surface area contributed by atoms with Gasteiger partial charge in [0.2, 0.25) is 0 Å². The molecule has 0 radical (unpaired) electrons. The minimum absolute atomic E-state index is 0.0119. The Kier molecular flexibility index (Phi) is 7.17. The number of nitrogens with zero attached hydrogens (tertiary/aromatic N) is 2. The number of hydrogen-bond donors (Lipinski definition) is 0. The Morgan fingerprint density at radius 2 is 1.52 bits per heavy atom. The largest absolute Gasteiger partial charge is 0.465 e. The van der Waals surface area contributed by atoms with Gasteiger partial charge in [-0.25, -0.2) is 9.97 Å². The monoisotopic (exact) mass is 626 g/mol. The molecule has 0 amide bonds. The van der Waals surface area contributed by atoms with E-state index < -0.39 is 5.41 Å². The molecule has 5 aliphatic carbocycles. The summed E-state index contributed by atoms with van der Waals surface area (Å²) in [7, 11) is 0. The Hall–Kier alpha value is -2.76. The number of allylic oxidation sites excluding steroid dienone is 1. The molecule has 6 heteroatoms. The lowest BCUT2D eigenvalue weighted by atomic mass is 9.33. The predicted octanol–water partition coefficient (Wildman–Crippen LogP) is 8.85. The van der Waals surface area contributed by atoms with Crippen LogP contribution in [-0.2, 0) is 24.5 Å². The summed E-state index contributed by atoms with van der Waals surface area (Å²) in [5.41, 5.74) is 6.70. The fraction of sp³-hybridized carbons (Fsp3) is 0.700. The van der Waals surface area contributed by atoms with Crippen LogP contribution in [0.1, 0.15) is 125 Å². The molecule has 1 aromatic heterocycles. The number of ether oxygens (including phenoxy) is 2. The molecule has 1 unspecified atom stereocenters. The molecule has 5 aliphatic rings. The van der Waals surface area contributed by atoms with Crippen molar-refractivity contribution in [1.82, 2.24) is 9.97 Å². The molecule has 4 saturated carbocycles. The average Bonchev–Trinajstić information content (AvgIpc) is 3.26. The summed E-state index contributed by atoms with van der Waals surface area (Å²) in [6.07, 6.45) is 8.72. The Bertz CT molecular complexity index is 1640. The van der Waals surface area contributed by atoms with Crippen molar-refractivity contribution >= 4 is 28.5 Å². The Balaban J connectivity index is 1.35. The van der Waals surface area contributed by atoms with Crippen LogP contribution >= 0.6 is 0 Å². The van der Waals surface area contributed by atoms with Crippen molar-refractivity contribution in [3.63, 3.8) is 0 Å². The summed E-state index contributed by atoms with van der Waals surface area (Å²) in [6.45, 7) is 20.6. The van der Waals surface area contributed by atoms with Crippen LogP contribution in [0.3, 0.4) is 0 Å². The quantitative estimate of drug-likeness (QED) is 0.316. The maximum Gasteiger partial charge on any atom is 0.302 e. The molecule has 4 fully saturated rings. The van der Waals surface area contributed by atoms with Gasteiger partial charge in [0.1, 0.15) is 12.7 Å². The van der Waals surface area contributed by atoms with Gasteiger partial charge in [-0.3, -0.25) is 9.59 Å². The molecular formula is C40H54N2O4.